The van der Waals surface area contributed by atoms with Crippen LogP contribution in [-0.2, 0) is 11.2 Å². The number of benzene rings is 1. The molecule has 0 unspecified atom stereocenters. The average Bonchev–Trinajstić information content (AvgIpc) is 2.40. The summed E-state index contributed by atoms with van der Waals surface area (Å²) in [7, 11) is 4.19. The van der Waals surface area contributed by atoms with Gasteiger partial charge in [0.1, 0.15) is 0 Å². The molecular weight excluding hydrogens is 248 g/mol. The number of amides is 1. The molecule has 3 nitrogen and oxygen atoms in total. The van der Waals surface area contributed by atoms with Crippen molar-refractivity contribution in [3.05, 3.63) is 29.8 Å². The molecule has 1 rings (SSSR count). The van der Waals surface area contributed by atoms with Gasteiger partial charge in [0.05, 0.1) is 0 Å². The summed E-state index contributed by atoms with van der Waals surface area (Å²) in [4.78, 5) is 14.1. The van der Waals surface area contributed by atoms with Crippen LogP contribution in [0, 0.1) is 5.92 Å². The van der Waals surface area contributed by atoms with Gasteiger partial charge >= 0.3 is 0 Å². The number of nitrogens with zero attached hydrogens (tertiary/aromatic N) is 1. The predicted molar refractivity (Wildman–Crippen MR) is 86.0 cm³/mol. The average molecular weight is 276 g/mol. The van der Waals surface area contributed by atoms with E-state index in [0.29, 0.717) is 0 Å². The lowest BCUT2D eigenvalue weighted by Crippen LogP contribution is -2.20. The Hall–Kier alpha value is -1.35. The highest BCUT2D eigenvalue weighted by Gasteiger charge is 2.11. The number of hydrogen-bond acceptors (Lipinski definition) is 2. The smallest absolute Gasteiger partial charge is 0.227 e. The number of rotatable bonds is 8. The van der Waals surface area contributed by atoms with E-state index in [1.807, 2.05) is 19.1 Å². The maximum Gasteiger partial charge on any atom is 0.227 e. The summed E-state index contributed by atoms with van der Waals surface area (Å²) in [6.07, 6.45) is 4.22. The highest BCUT2D eigenvalue weighted by molar-refractivity contribution is 5.92. The summed E-state index contributed by atoms with van der Waals surface area (Å²) >= 11 is 0. The molecule has 1 aromatic carbocycles. The molecule has 1 atom stereocenters. The van der Waals surface area contributed by atoms with E-state index in [-0.39, 0.29) is 11.8 Å². The molecule has 0 aliphatic heterocycles. The maximum absolute atomic E-state index is 11.9. The van der Waals surface area contributed by atoms with E-state index in [0.717, 1.165) is 37.9 Å². The summed E-state index contributed by atoms with van der Waals surface area (Å²) in [6, 6.07) is 8.22. The Labute approximate surface area is 123 Å². The second kappa shape index (κ2) is 8.75. The molecular formula is C17H28N2O. The van der Waals surface area contributed by atoms with E-state index in [4.69, 9.17) is 0 Å². The minimum absolute atomic E-state index is 0.0831. The SMILES string of the molecule is CCC[C@H](C)C(=O)Nc1ccc(CCCN(C)C)cc1. The van der Waals surface area contributed by atoms with Gasteiger partial charge < -0.3 is 10.2 Å². The van der Waals surface area contributed by atoms with Gasteiger partial charge in [0, 0.05) is 11.6 Å². The van der Waals surface area contributed by atoms with E-state index in [1.54, 1.807) is 0 Å². The molecule has 0 spiro atoms. The summed E-state index contributed by atoms with van der Waals surface area (Å²) < 4.78 is 0. The van der Waals surface area contributed by atoms with Crippen LogP contribution < -0.4 is 5.32 Å². The summed E-state index contributed by atoms with van der Waals surface area (Å²) in [5.74, 6) is 0.201. The molecule has 1 N–H and O–H groups in total. The molecule has 3 heteroatoms. The first-order chi connectivity index (χ1) is 9.52. The molecule has 0 aromatic heterocycles. The number of carbonyl (C=O) groups is 1. The second-order valence-electron chi connectivity index (χ2n) is 5.78. The minimum atomic E-state index is 0.0831. The summed E-state index contributed by atoms with van der Waals surface area (Å²) in [5, 5.41) is 2.98. The lowest BCUT2D eigenvalue weighted by Gasteiger charge is -2.12. The van der Waals surface area contributed by atoms with Crippen LogP contribution in [0.4, 0.5) is 5.69 Å². The fraction of sp³-hybridized carbons (Fsp3) is 0.588. The van der Waals surface area contributed by atoms with Crippen LogP contribution >= 0.6 is 0 Å². The molecule has 1 amide bonds. The van der Waals surface area contributed by atoms with Crippen molar-refractivity contribution in [3.8, 4) is 0 Å². The highest BCUT2D eigenvalue weighted by Crippen LogP contribution is 2.14. The molecule has 0 saturated heterocycles. The van der Waals surface area contributed by atoms with E-state index in [1.165, 1.54) is 5.56 Å². The van der Waals surface area contributed by atoms with Gasteiger partial charge in [0.2, 0.25) is 5.91 Å². The van der Waals surface area contributed by atoms with Crippen molar-refractivity contribution < 1.29 is 4.79 Å². The molecule has 0 saturated carbocycles. The standard InChI is InChI=1S/C17H28N2O/c1-5-7-14(2)17(20)18-16-11-9-15(10-12-16)8-6-13-19(3)4/h9-12,14H,5-8,13H2,1-4H3,(H,18,20)/t14-/m0/s1. The van der Waals surface area contributed by atoms with E-state index < -0.39 is 0 Å². The van der Waals surface area contributed by atoms with Crippen molar-refractivity contribution in [2.75, 3.05) is 26.0 Å². The molecule has 0 aliphatic carbocycles. The van der Waals surface area contributed by atoms with Crippen molar-refractivity contribution in [1.82, 2.24) is 4.90 Å². The molecule has 0 radical (unpaired) electrons. The molecule has 1 aromatic rings. The number of anilines is 1. The Morgan fingerprint density at radius 3 is 2.45 bits per heavy atom. The fourth-order valence-electron chi connectivity index (χ4n) is 2.18. The Morgan fingerprint density at radius 1 is 1.25 bits per heavy atom. The largest absolute Gasteiger partial charge is 0.326 e. The third kappa shape index (κ3) is 6.20. The van der Waals surface area contributed by atoms with Gasteiger partial charge in [-0.15, -0.1) is 0 Å². The molecule has 0 fully saturated rings. The number of nitrogens with one attached hydrogen (secondary N) is 1. The molecule has 20 heavy (non-hydrogen) atoms. The minimum Gasteiger partial charge on any atom is -0.326 e. The van der Waals surface area contributed by atoms with Gasteiger partial charge in [0.15, 0.2) is 0 Å². The third-order valence-electron chi connectivity index (χ3n) is 3.46. The predicted octanol–water partition coefficient (Wildman–Crippen LogP) is 3.56. The van der Waals surface area contributed by atoms with Crippen LogP contribution in [0.5, 0.6) is 0 Å². The van der Waals surface area contributed by atoms with Crippen LogP contribution in [0.3, 0.4) is 0 Å². The summed E-state index contributed by atoms with van der Waals surface area (Å²) in [6.45, 7) is 5.19. The van der Waals surface area contributed by atoms with Crippen molar-refractivity contribution in [2.24, 2.45) is 5.92 Å². The van der Waals surface area contributed by atoms with Crippen LogP contribution in [0.2, 0.25) is 0 Å². The van der Waals surface area contributed by atoms with Gasteiger partial charge in [-0.05, 0) is 57.6 Å². The van der Waals surface area contributed by atoms with Crippen LogP contribution in [0.25, 0.3) is 0 Å². The van der Waals surface area contributed by atoms with Gasteiger partial charge in [-0.25, -0.2) is 0 Å². The van der Waals surface area contributed by atoms with Crippen molar-refractivity contribution in [2.45, 2.75) is 39.5 Å². The number of aryl methyl sites for hydroxylation is 1. The van der Waals surface area contributed by atoms with Gasteiger partial charge in [-0.3, -0.25) is 4.79 Å². The zero-order chi connectivity index (χ0) is 15.0. The molecule has 0 aliphatic rings. The Bertz CT molecular complexity index is 398. The van der Waals surface area contributed by atoms with E-state index >= 15 is 0 Å². The monoisotopic (exact) mass is 276 g/mol. The maximum atomic E-state index is 11.9. The molecule has 0 bridgehead atoms. The summed E-state index contributed by atoms with van der Waals surface area (Å²) in [5.41, 5.74) is 2.22. The lowest BCUT2D eigenvalue weighted by molar-refractivity contribution is -0.119. The number of hydrogen-bond donors (Lipinski definition) is 1. The van der Waals surface area contributed by atoms with E-state index in [9.17, 15) is 4.79 Å². The van der Waals surface area contributed by atoms with Gasteiger partial charge in [0.25, 0.3) is 0 Å². The first kappa shape index (κ1) is 16.7. The number of carbonyl (C=O) groups excluding carboxylic acids is 1. The Kier molecular flexibility index (Phi) is 7.31. The van der Waals surface area contributed by atoms with Crippen molar-refractivity contribution >= 4 is 11.6 Å². The van der Waals surface area contributed by atoms with Crippen LogP contribution in [0.15, 0.2) is 24.3 Å². The Balaban J connectivity index is 2.44. The van der Waals surface area contributed by atoms with Crippen LogP contribution in [0.1, 0.15) is 38.7 Å². The van der Waals surface area contributed by atoms with Crippen molar-refractivity contribution in [1.29, 1.82) is 0 Å². The highest BCUT2D eigenvalue weighted by atomic mass is 16.1. The zero-order valence-electron chi connectivity index (χ0n) is 13.3. The van der Waals surface area contributed by atoms with E-state index in [2.05, 4.69) is 43.4 Å². The van der Waals surface area contributed by atoms with Crippen LogP contribution in [-0.4, -0.2) is 31.4 Å². The first-order valence-corrected chi connectivity index (χ1v) is 7.57. The first-order valence-electron chi connectivity index (χ1n) is 7.57. The quantitative estimate of drug-likeness (QED) is 0.787. The van der Waals surface area contributed by atoms with Gasteiger partial charge in [-0.1, -0.05) is 32.4 Å². The lowest BCUT2D eigenvalue weighted by atomic mass is 10.1. The fourth-order valence-corrected chi connectivity index (χ4v) is 2.18. The van der Waals surface area contributed by atoms with Gasteiger partial charge in [-0.2, -0.15) is 0 Å². The molecule has 112 valence electrons. The second-order valence-corrected chi connectivity index (χ2v) is 5.78. The third-order valence-corrected chi connectivity index (χ3v) is 3.46. The normalized spacial score (nSPS) is 12.4. The van der Waals surface area contributed by atoms with Crippen molar-refractivity contribution in [3.63, 3.8) is 0 Å². The molecule has 0 heterocycles. The zero-order valence-corrected chi connectivity index (χ0v) is 13.3. The topological polar surface area (TPSA) is 32.3 Å². The Morgan fingerprint density at radius 2 is 1.90 bits per heavy atom.